The van der Waals surface area contributed by atoms with Gasteiger partial charge in [0.15, 0.2) is 17.5 Å². The number of para-hydroxylation sites is 1. The third kappa shape index (κ3) is 5.65. The number of hydrogen-bond acceptors (Lipinski definition) is 6. The first-order chi connectivity index (χ1) is 13.1. The maximum atomic E-state index is 11.9. The number of anilines is 2. The van der Waals surface area contributed by atoms with Crippen LogP contribution in [0.15, 0.2) is 60.0 Å². The van der Waals surface area contributed by atoms with Gasteiger partial charge in [-0.15, -0.1) is 11.3 Å². The summed E-state index contributed by atoms with van der Waals surface area (Å²) in [6.45, 7) is 1.83. The number of carbonyl (C=O) groups excluding carboxylic acids is 2. The molecule has 0 unspecified atom stereocenters. The Kier molecular flexibility index (Phi) is 6.17. The molecule has 0 saturated heterocycles. The standard InChI is InChI=1S/C20H19N3O3S/c1-14(24)15-7-9-16(10-8-15)22-20-23-17(13-27-20)11-21-19(25)12-26-18-5-3-2-4-6-18/h2-10,13H,11-12H2,1H3,(H,21,25)(H,22,23). The van der Waals surface area contributed by atoms with Crippen LogP contribution in [0.1, 0.15) is 23.0 Å². The summed E-state index contributed by atoms with van der Waals surface area (Å²) in [6.07, 6.45) is 0. The summed E-state index contributed by atoms with van der Waals surface area (Å²) < 4.78 is 5.40. The average Bonchev–Trinajstić information content (AvgIpc) is 3.13. The highest BCUT2D eigenvalue weighted by molar-refractivity contribution is 7.13. The number of nitrogens with one attached hydrogen (secondary N) is 2. The zero-order valence-corrected chi connectivity index (χ0v) is 15.6. The first kappa shape index (κ1) is 18.6. The van der Waals surface area contributed by atoms with Gasteiger partial charge in [-0.2, -0.15) is 0 Å². The molecule has 0 spiro atoms. The van der Waals surface area contributed by atoms with E-state index in [1.165, 1.54) is 18.3 Å². The molecule has 0 aliphatic heterocycles. The van der Waals surface area contributed by atoms with Gasteiger partial charge in [0.1, 0.15) is 5.75 Å². The number of ketones is 1. The van der Waals surface area contributed by atoms with Crippen LogP contribution in [0.25, 0.3) is 0 Å². The van der Waals surface area contributed by atoms with Crippen molar-refractivity contribution in [2.45, 2.75) is 13.5 Å². The van der Waals surface area contributed by atoms with Gasteiger partial charge in [-0.25, -0.2) is 4.98 Å². The molecule has 1 heterocycles. The summed E-state index contributed by atoms with van der Waals surface area (Å²) in [5.74, 6) is 0.481. The molecule has 0 radical (unpaired) electrons. The molecule has 138 valence electrons. The zero-order chi connectivity index (χ0) is 19.1. The molecule has 1 aromatic heterocycles. The molecule has 2 N–H and O–H groups in total. The highest BCUT2D eigenvalue weighted by Gasteiger charge is 2.07. The zero-order valence-electron chi connectivity index (χ0n) is 14.8. The predicted molar refractivity (Wildman–Crippen MR) is 106 cm³/mol. The van der Waals surface area contributed by atoms with Crippen molar-refractivity contribution in [3.05, 3.63) is 71.2 Å². The maximum Gasteiger partial charge on any atom is 0.258 e. The van der Waals surface area contributed by atoms with E-state index in [1.54, 1.807) is 24.3 Å². The van der Waals surface area contributed by atoms with Crippen LogP contribution >= 0.6 is 11.3 Å². The van der Waals surface area contributed by atoms with Crippen molar-refractivity contribution < 1.29 is 14.3 Å². The lowest BCUT2D eigenvalue weighted by atomic mass is 10.1. The fraction of sp³-hybridized carbons (Fsp3) is 0.150. The Morgan fingerprint density at radius 3 is 2.52 bits per heavy atom. The molecule has 0 bridgehead atoms. The largest absolute Gasteiger partial charge is 0.484 e. The van der Waals surface area contributed by atoms with Crippen molar-refractivity contribution in [2.24, 2.45) is 0 Å². The van der Waals surface area contributed by atoms with Gasteiger partial charge in [0.2, 0.25) is 0 Å². The third-order valence-electron chi connectivity index (χ3n) is 3.67. The van der Waals surface area contributed by atoms with Crippen LogP contribution in [-0.4, -0.2) is 23.3 Å². The van der Waals surface area contributed by atoms with E-state index in [1.807, 2.05) is 35.7 Å². The first-order valence-corrected chi connectivity index (χ1v) is 9.25. The second-order valence-electron chi connectivity index (χ2n) is 5.78. The minimum Gasteiger partial charge on any atom is -0.484 e. The second kappa shape index (κ2) is 8.95. The Bertz CT molecular complexity index is 908. The molecule has 0 aliphatic carbocycles. The van der Waals surface area contributed by atoms with E-state index in [4.69, 9.17) is 4.74 Å². The summed E-state index contributed by atoms with van der Waals surface area (Å²) in [6, 6.07) is 16.4. The van der Waals surface area contributed by atoms with Crippen molar-refractivity contribution in [1.29, 1.82) is 0 Å². The Morgan fingerprint density at radius 1 is 1.07 bits per heavy atom. The van der Waals surface area contributed by atoms with E-state index in [9.17, 15) is 9.59 Å². The van der Waals surface area contributed by atoms with Crippen molar-refractivity contribution in [1.82, 2.24) is 10.3 Å². The highest BCUT2D eigenvalue weighted by atomic mass is 32.1. The van der Waals surface area contributed by atoms with Crippen LogP contribution in [0.2, 0.25) is 0 Å². The van der Waals surface area contributed by atoms with Gasteiger partial charge in [0.05, 0.1) is 12.2 Å². The number of benzene rings is 2. The van der Waals surface area contributed by atoms with Gasteiger partial charge in [0.25, 0.3) is 5.91 Å². The van der Waals surface area contributed by atoms with Gasteiger partial charge in [-0.1, -0.05) is 18.2 Å². The summed E-state index contributed by atoms with van der Waals surface area (Å²) in [5.41, 5.74) is 2.28. The quantitative estimate of drug-likeness (QED) is 0.581. The Hall–Kier alpha value is -3.19. The topological polar surface area (TPSA) is 80.3 Å². The van der Waals surface area contributed by atoms with Gasteiger partial charge in [-0.3, -0.25) is 9.59 Å². The summed E-state index contributed by atoms with van der Waals surface area (Å²) in [5, 5.41) is 8.56. The maximum absolute atomic E-state index is 11.9. The predicted octanol–water partition coefficient (Wildman–Crippen LogP) is 3.78. The van der Waals surface area contributed by atoms with Crippen molar-refractivity contribution in [3.63, 3.8) is 0 Å². The smallest absolute Gasteiger partial charge is 0.258 e. The van der Waals surface area contributed by atoms with Gasteiger partial charge in [-0.05, 0) is 43.3 Å². The van der Waals surface area contributed by atoms with Crippen LogP contribution < -0.4 is 15.4 Å². The minimum absolute atomic E-state index is 0.0325. The summed E-state index contributed by atoms with van der Waals surface area (Å²) in [7, 11) is 0. The van der Waals surface area contributed by atoms with Crippen LogP contribution in [0.4, 0.5) is 10.8 Å². The van der Waals surface area contributed by atoms with E-state index >= 15 is 0 Å². The number of aromatic nitrogens is 1. The SMILES string of the molecule is CC(=O)c1ccc(Nc2nc(CNC(=O)COc3ccccc3)cs2)cc1. The molecule has 3 rings (SSSR count). The molecule has 0 fully saturated rings. The van der Waals surface area contributed by atoms with Crippen LogP contribution in [0.5, 0.6) is 5.75 Å². The number of ether oxygens (including phenoxy) is 1. The van der Waals surface area contributed by atoms with E-state index in [-0.39, 0.29) is 18.3 Å². The normalized spacial score (nSPS) is 10.3. The molecule has 0 atom stereocenters. The lowest BCUT2D eigenvalue weighted by molar-refractivity contribution is -0.123. The molecular weight excluding hydrogens is 362 g/mol. The molecule has 27 heavy (non-hydrogen) atoms. The van der Waals surface area contributed by atoms with Crippen LogP contribution in [0, 0.1) is 0 Å². The van der Waals surface area contributed by atoms with E-state index < -0.39 is 0 Å². The Balaban J connectivity index is 1.46. The lowest BCUT2D eigenvalue weighted by Crippen LogP contribution is -2.28. The number of carbonyl (C=O) groups is 2. The molecule has 3 aromatic rings. The molecular formula is C20H19N3O3S. The monoisotopic (exact) mass is 381 g/mol. The van der Waals surface area contributed by atoms with Crippen LogP contribution in [-0.2, 0) is 11.3 Å². The third-order valence-corrected chi connectivity index (χ3v) is 4.48. The number of rotatable bonds is 8. The van der Waals surface area contributed by atoms with Crippen LogP contribution in [0.3, 0.4) is 0 Å². The minimum atomic E-state index is -0.207. The van der Waals surface area contributed by atoms with E-state index in [2.05, 4.69) is 15.6 Å². The molecule has 1 amide bonds. The van der Waals surface area contributed by atoms with Gasteiger partial charge < -0.3 is 15.4 Å². The first-order valence-electron chi connectivity index (χ1n) is 8.37. The Labute approximate surface area is 161 Å². The van der Waals surface area contributed by atoms with Crippen molar-refractivity contribution >= 4 is 33.8 Å². The molecule has 0 aliphatic rings. The second-order valence-corrected chi connectivity index (χ2v) is 6.64. The number of thiazole rings is 1. The van der Waals surface area contributed by atoms with Gasteiger partial charge >= 0.3 is 0 Å². The summed E-state index contributed by atoms with van der Waals surface area (Å²) >= 11 is 1.45. The average molecular weight is 381 g/mol. The number of Topliss-reactive ketones (excluding diaryl/α,β-unsaturated/α-hetero) is 1. The fourth-order valence-electron chi connectivity index (χ4n) is 2.26. The Morgan fingerprint density at radius 2 is 1.81 bits per heavy atom. The summed E-state index contributed by atoms with van der Waals surface area (Å²) in [4.78, 5) is 27.6. The van der Waals surface area contributed by atoms with E-state index in [0.29, 0.717) is 17.9 Å². The highest BCUT2D eigenvalue weighted by Crippen LogP contribution is 2.21. The number of nitrogens with zero attached hydrogens (tertiary/aromatic N) is 1. The number of hydrogen-bond donors (Lipinski definition) is 2. The fourth-order valence-corrected chi connectivity index (χ4v) is 2.99. The lowest BCUT2D eigenvalue weighted by Gasteiger charge is -2.06. The molecule has 2 aromatic carbocycles. The number of amides is 1. The van der Waals surface area contributed by atoms with Crippen molar-refractivity contribution in [3.8, 4) is 5.75 Å². The molecule has 0 saturated carbocycles. The molecule has 7 heteroatoms. The molecule has 6 nitrogen and oxygen atoms in total. The van der Waals surface area contributed by atoms with Gasteiger partial charge in [0, 0.05) is 16.6 Å². The van der Waals surface area contributed by atoms with Crippen molar-refractivity contribution in [2.75, 3.05) is 11.9 Å². The van der Waals surface area contributed by atoms with E-state index in [0.717, 1.165) is 16.5 Å².